The van der Waals surface area contributed by atoms with Crippen LogP contribution in [0.25, 0.3) is 86.7 Å². The van der Waals surface area contributed by atoms with Gasteiger partial charge in [0, 0.05) is 49.7 Å². The third-order valence-electron chi connectivity index (χ3n) is 11.7. The molecule has 2 unspecified atom stereocenters. The molecule has 2 aromatic heterocycles. The molecule has 278 valence electrons. The van der Waals surface area contributed by atoms with E-state index in [9.17, 15) is 0 Å². The van der Waals surface area contributed by atoms with Crippen molar-refractivity contribution in [2.45, 2.75) is 26.1 Å². The lowest BCUT2D eigenvalue weighted by Gasteiger charge is -2.25. The highest BCUT2D eigenvalue weighted by Gasteiger charge is 2.23. The molecule has 56 heavy (non-hydrogen) atoms. The van der Waals surface area contributed by atoms with Gasteiger partial charge in [0.15, 0.2) is 16.2 Å². The van der Waals surface area contributed by atoms with Crippen molar-refractivity contribution in [3.8, 4) is 0 Å². The predicted octanol–water partition coefficient (Wildman–Crippen LogP) is 12.8. The summed E-state index contributed by atoms with van der Waals surface area (Å²) >= 11 is 0. The van der Waals surface area contributed by atoms with Crippen molar-refractivity contribution in [3.63, 3.8) is 0 Å². The van der Waals surface area contributed by atoms with Crippen molar-refractivity contribution in [3.05, 3.63) is 146 Å². The summed E-state index contributed by atoms with van der Waals surface area (Å²) in [6.07, 6.45) is -0.451. The van der Waals surface area contributed by atoms with Crippen LogP contribution < -0.4 is 9.05 Å². The van der Waals surface area contributed by atoms with Gasteiger partial charge in [-0.15, -0.1) is 0 Å². The summed E-state index contributed by atoms with van der Waals surface area (Å²) < 4.78 is 23.9. The molecule has 0 saturated heterocycles. The first-order chi connectivity index (χ1) is 27.3. The van der Waals surface area contributed by atoms with Gasteiger partial charge < -0.3 is 0 Å². The number of rotatable bonds is 5. The zero-order chi connectivity index (χ0) is 38.2. The van der Waals surface area contributed by atoms with Gasteiger partial charge in [0.25, 0.3) is 0 Å². The van der Waals surface area contributed by atoms with Gasteiger partial charge in [-0.05, 0) is 81.2 Å². The van der Waals surface area contributed by atoms with Gasteiger partial charge >= 0.3 is 0 Å². The fourth-order valence-electron chi connectivity index (χ4n) is 8.69. The van der Waals surface area contributed by atoms with E-state index in [1.807, 2.05) is 0 Å². The highest BCUT2D eigenvalue weighted by Crippen LogP contribution is 2.42. The first kappa shape index (κ1) is 35.0. The van der Waals surface area contributed by atoms with E-state index in [1.54, 1.807) is 0 Å². The minimum atomic E-state index is -1.28. The molecule has 2 heterocycles. The van der Waals surface area contributed by atoms with E-state index in [2.05, 4.69) is 205 Å². The highest BCUT2D eigenvalue weighted by molar-refractivity contribution is 7.38. The number of aryl methyl sites for hydroxylation is 4. The summed E-state index contributed by atoms with van der Waals surface area (Å²) in [6, 6.07) is 53.0. The van der Waals surface area contributed by atoms with Crippen LogP contribution in [0.15, 0.2) is 146 Å². The number of hydrogen-bond donors (Lipinski definition) is 0. The maximum absolute atomic E-state index is 7.26. The molecule has 0 aliphatic rings. The number of nitrogens with zero attached hydrogens (tertiary/aromatic N) is 4. The Hall–Kier alpha value is -5.48. The lowest BCUT2D eigenvalue weighted by Crippen LogP contribution is -2.32. The maximum atomic E-state index is 7.26. The van der Waals surface area contributed by atoms with E-state index < -0.39 is 16.2 Å². The number of hydrogen-bond acceptors (Lipinski definition) is 2. The first-order valence-electron chi connectivity index (χ1n) is 19.3. The van der Waals surface area contributed by atoms with Gasteiger partial charge in [-0.1, -0.05) is 121 Å². The third kappa shape index (κ3) is 5.39. The molecule has 6 nitrogen and oxygen atoms in total. The van der Waals surface area contributed by atoms with E-state index in [0.717, 1.165) is 22.1 Å². The minimum Gasteiger partial charge on any atom is -0.300 e. The normalized spacial score (nSPS) is 13.2. The molecule has 0 aliphatic carbocycles. The zero-order valence-electron chi connectivity index (χ0n) is 32.5. The quantitative estimate of drug-likeness (QED) is 0.175. The first-order valence-corrected chi connectivity index (χ1v) is 21.6. The molecule has 0 spiro atoms. The molecule has 8 heteroatoms. The Balaban J connectivity index is 1.15. The van der Waals surface area contributed by atoms with Crippen LogP contribution in [0.1, 0.15) is 13.8 Å². The molecule has 0 amide bonds. The van der Waals surface area contributed by atoms with Gasteiger partial charge in [0.2, 0.25) is 0 Å². The van der Waals surface area contributed by atoms with E-state index in [1.165, 1.54) is 64.6 Å². The van der Waals surface area contributed by atoms with E-state index in [0.29, 0.717) is 0 Å². The number of fused-ring (bicyclic) bond motifs is 14. The van der Waals surface area contributed by atoms with Crippen LogP contribution in [0.3, 0.4) is 0 Å². The van der Waals surface area contributed by atoms with Crippen LogP contribution >= 0.6 is 16.2 Å². The third-order valence-corrected chi connectivity index (χ3v) is 15.7. The Morgan fingerprint density at radius 1 is 0.339 bits per heavy atom. The van der Waals surface area contributed by atoms with Crippen LogP contribution in [0.5, 0.6) is 0 Å². The topological polar surface area (TPSA) is 38.2 Å². The molecule has 8 aromatic carbocycles. The maximum Gasteiger partial charge on any atom is 0.175 e. The molecule has 2 atom stereocenters. The molecule has 0 radical (unpaired) electrons. The van der Waals surface area contributed by atoms with Gasteiger partial charge in [0.05, 0.1) is 34.3 Å². The molecular formula is C48H44N4O2P2. The van der Waals surface area contributed by atoms with Crippen molar-refractivity contribution in [1.29, 1.82) is 0 Å². The van der Waals surface area contributed by atoms with Crippen molar-refractivity contribution >= 4 is 103 Å². The smallest absolute Gasteiger partial charge is 0.175 e. The number of benzene rings is 8. The average Bonchev–Trinajstić information content (AvgIpc) is 3.39. The Bertz CT molecular complexity index is 2880. The molecule has 0 bridgehead atoms. The van der Waals surface area contributed by atoms with E-state index in [-0.39, 0.29) is 12.2 Å². The molecule has 0 fully saturated rings. The molecule has 0 saturated carbocycles. The summed E-state index contributed by atoms with van der Waals surface area (Å²) in [4.78, 5) is 0. The second-order valence-electron chi connectivity index (χ2n) is 14.9. The fraction of sp³-hybridized carbons (Fsp3) is 0.167. The van der Waals surface area contributed by atoms with Crippen LogP contribution in [0.4, 0.5) is 0 Å². The van der Waals surface area contributed by atoms with Gasteiger partial charge in [-0.2, -0.15) is 0 Å². The molecular weight excluding hydrogens is 727 g/mol. The summed E-state index contributed by atoms with van der Waals surface area (Å²) in [6.45, 7) is 4.33. The summed E-state index contributed by atoms with van der Waals surface area (Å²) in [5.74, 6) is 0. The van der Waals surface area contributed by atoms with E-state index in [4.69, 9.17) is 9.05 Å². The van der Waals surface area contributed by atoms with Crippen molar-refractivity contribution in [1.82, 2.24) is 17.3 Å². The van der Waals surface area contributed by atoms with Crippen LogP contribution in [-0.2, 0) is 28.2 Å². The van der Waals surface area contributed by atoms with Crippen LogP contribution in [0, 0.1) is 0 Å². The molecule has 10 rings (SSSR count). The zero-order valence-corrected chi connectivity index (χ0v) is 34.3. The van der Waals surface area contributed by atoms with Crippen molar-refractivity contribution in [2.75, 3.05) is 0 Å². The van der Waals surface area contributed by atoms with Gasteiger partial charge in [-0.3, -0.25) is 26.4 Å². The lowest BCUT2D eigenvalue weighted by molar-refractivity contribution is 0.149. The number of aromatic nitrogens is 4. The summed E-state index contributed by atoms with van der Waals surface area (Å²) in [5.41, 5.74) is 4.66. The minimum absolute atomic E-state index is 0.225. The second kappa shape index (κ2) is 13.6. The molecule has 10 aromatic rings. The standard InChI is InChI=1S/C48H44N4O2P2/c1-31(53-55-49(3)41-27-23-33-15-7-11-19-37(33)45(41)46-38-20-12-8-16-34(38)24-28-42(46)50(55)4)32(2)54-56-51(5)43-29-25-35-17-9-13-21-39(35)47(43)48-40-22-14-10-18-36(40)26-30-44(48)52(56)6/h7-32H,1-6H3. The summed E-state index contributed by atoms with van der Waals surface area (Å²) in [5, 5.41) is 14.9. The molecule has 0 N–H and O–H groups in total. The SMILES string of the molecule is CC(Op1n(C)c2ccc3ccccc3c2c2c3ccccc3ccc2n1C)C(C)Op1n(C)c2ccc3ccccc3c2c2c3ccccc3ccc2n1C. The predicted molar refractivity (Wildman–Crippen MR) is 242 cm³/mol. The van der Waals surface area contributed by atoms with Crippen LogP contribution in [-0.4, -0.2) is 29.5 Å². The monoisotopic (exact) mass is 770 g/mol. The van der Waals surface area contributed by atoms with Crippen molar-refractivity contribution in [2.24, 2.45) is 28.2 Å². The second-order valence-corrected chi connectivity index (χ2v) is 18.8. The Morgan fingerprint density at radius 2 is 0.571 bits per heavy atom. The summed E-state index contributed by atoms with van der Waals surface area (Å²) in [7, 11) is 6.16. The lowest BCUT2D eigenvalue weighted by atomic mass is 9.98. The van der Waals surface area contributed by atoms with Crippen molar-refractivity contribution < 1.29 is 9.05 Å². The van der Waals surface area contributed by atoms with Crippen LogP contribution in [0.2, 0.25) is 0 Å². The van der Waals surface area contributed by atoms with E-state index >= 15 is 0 Å². The van der Waals surface area contributed by atoms with Gasteiger partial charge in [0.1, 0.15) is 0 Å². The van der Waals surface area contributed by atoms with Gasteiger partial charge in [-0.25, -0.2) is 0 Å². The fourth-order valence-corrected chi connectivity index (χ4v) is 12.4. The Labute approximate surface area is 327 Å². The largest absolute Gasteiger partial charge is 0.300 e. The Morgan fingerprint density at radius 3 is 0.821 bits per heavy atom. The average molecular weight is 771 g/mol. The molecule has 0 aliphatic heterocycles. The highest BCUT2D eigenvalue weighted by atomic mass is 31.1. The Kier molecular flexibility index (Phi) is 8.50.